The molecule has 0 aliphatic rings. The second kappa shape index (κ2) is 7.94. The number of hydrogen-bond acceptors (Lipinski definition) is 6. The Morgan fingerprint density at radius 2 is 1.93 bits per heavy atom. The SMILES string of the molecule is Cc1ccc(-c2ncc(C)c(C)n2)cc1C(=O)NC[C@@H](O)c1scnc1C. The van der Waals surface area contributed by atoms with Crippen LogP contribution in [0, 0.1) is 27.7 Å². The van der Waals surface area contributed by atoms with Crippen molar-refractivity contribution < 1.29 is 9.90 Å². The highest BCUT2D eigenvalue weighted by Gasteiger charge is 2.17. The summed E-state index contributed by atoms with van der Waals surface area (Å²) < 4.78 is 0. The van der Waals surface area contributed by atoms with Crippen LogP contribution in [0.25, 0.3) is 11.4 Å². The summed E-state index contributed by atoms with van der Waals surface area (Å²) in [6.45, 7) is 7.75. The van der Waals surface area contributed by atoms with Crippen molar-refractivity contribution in [2.45, 2.75) is 33.8 Å². The molecule has 0 spiro atoms. The summed E-state index contributed by atoms with van der Waals surface area (Å²) in [5.41, 5.74) is 6.59. The monoisotopic (exact) mass is 382 g/mol. The number of aromatic nitrogens is 3. The molecule has 27 heavy (non-hydrogen) atoms. The van der Waals surface area contributed by atoms with Gasteiger partial charge in [0.1, 0.15) is 6.10 Å². The van der Waals surface area contributed by atoms with Crippen LogP contribution in [0.2, 0.25) is 0 Å². The average Bonchev–Trinajstić information content (AvgIpc) is 3.08. The first-order valence-corrected chi connectivity index (χ1v) is 9.52. The Kier molecular flexibility index (Phi) is 5.62. The van der Waals surface area contributed by atoms with Gasteiger partial charge in [-0.05, 0) is 44.9 Å². The molecule has 1 amide bonds. The van der Waals surface area contributed by atoms with E-state index in [4.69, 9.17) is 0 Å². The molecular formula is C20H22N4O2S. The number of rotatable bonds is 5. The number of aliphatic hydroxyl groups excluding tert-OH is 1. The molecule has 0 unspecified atom stereocenters. The van der Waals surface area contributed by atoms with Gasteiger partial charge in [0.25, 0.3) is 5.91 Å². The average molecular weight is 382 g/mol. The van der Waals surface area contributed by atoms with Crippen molar-refractivity contribution >= 4 is 17.2 Å². The summed E-state index contributed by atoms with van der Waals surface area (Å²) >= 11 is 1.38. The number of hydrogen-bond donors (Lipinski definition) is 2. The lowest BCUT2D eigenvalue weighted by Crippen LogP contribution is -2.29. The molecule has 0 aliphatic heterocycles. The highest BCUT2D eigenvalue weighted by atomic mass is 32.1. The van der Waals surface area contributed by atoms with Gasteiger partial charge in [-0.25, -0.2) is 15.0 Å². The van der Waals surface area contributed by atoms with E-state index in [9.17, 15) is 9.90 Å². The molecule has 6 nitrogen and oxygen atoms in total. The second-order valence-electron chi connectivity index (χ2n) is 6.52. The summed E-state index contributed by atoms with van der Waals surface area (Å²) in [6, 6.07) is 5.58. The lowest BCUT2D eigenvalue weighted by molar-refractivity contribution is 0.0917. The standard InChI is InChI=1S/C20H22N4O2S/c1-11-5-6-15(19-21-8-12(2)13(3)24-19)7-16(11)20(26)22-9-17(25)18-14(4)23-10-27-18/h5-8,10,17,25H,9H2,1-4H3,(H,22,26)/t17-/m1/s1. The number of amides is 1. The van der Waals surface area contributed by atoms with Crippen LogP contribution in [-0.4, -0.2) is 32.5 Å². The van der Waals surface area contributed by atoms with E-state index in [0.29, 0.717) is 11.4 Å². The number of carbonyl (C=O) groups is 1. The zero-order chi connectivity index (χ0) is 19.6. The van der Waals surface area contributed by atoms with Crippen LogP contribution < -0.4 is 5.32 Å². The lowest BCUT2D eigenvalue weighted by atomic mass is 10.0. The van der Waals surface area contributed by atoms with Gasteiger partial charge in [0.2, 0.25) is 0 Å². The van der Waals surface area contributed by atoms with E-state index in [0.717, 1.165) is 33.0 Å². The summed E-state index contributed by atoms with van der Waals surface area (Å²) in [6.07, 6.45) is 1.01. The quantitative estimate of drug-likeness (QED) is 0.707. The van der Waals surface area contributed by atoms with E-state index < -0.39 is 6.10 Å². The summed E-state index contributed by atoms with van der Waals surface area (Å²) in [4.78, 5) is 26.4. The molecule has 1 atom stereocenters. The molecular weight excluding hydrogens is 360 g/mol. The molecule has 0 fully saturated rings. The van der Waals surface area contributed by atoms with Crippen molar-refractivity contribution in [3.8, 4) is 11.4 Å². The number of aliphatic hydroxyl groups is 1. The molecule has 0 radical (unpaired) electrons. The van der Waals surface area contributed by atoms with Crippen LogP contribution in [0.4, 0.5) is 0 Å². The number of carbonyl (C=O) groups excluding carboxylic acids is 1. The fourth-order valence-corrected chi connectivity index (χ4v) is 3.47. The van der Waals surface area contributed by atoms with Gasteiger partial charge < -0.3 is 10.4 Å². The Balaban J connectivity index is 1.78. The fraction of sp³-hybridized carbons (Fsp3) is 0.300. The van der Waals surface area contributed by atoms with E-state index in [1.165, 1.54) is 11.3 Å². The predicted molar refractivity (Wildman–Crippen MR) is 106 cm³/mol. The highest BCUT2D eigenvalue weighted by Crippen LogP contribution is 2.22. The first-order chi connectivity index (χ1) is 12.9. The summed E-state index contributed by atoms with van der Waals surface area (Å²) in [5, 5.41) is 13.1. The number of benzene rings is 1. The van der Waals surface area contributed by atoms with Gasteiger partial charge in [-0.2, -0.15) is 0 Å². The molecule has 0 bridgehead atoms. The van der Waals surface area contributed by atoms with Crippen molar-refractivity contribution in [1.82, 2.24) is 20.3 Å². The van der Waals surface area contributed by atoms with Crippen LogP contribution >= 0.6 is 11.3 Å². The minimum absolute atomic E-state index is 0.131. The molecule has 0 saturated heterocycles. The molecule has 7 heteroatoms. The summed E-state index contributed by atoms with van der Waals surface area (Å²) in [5.74, 6) is 0.354. The van der Waals surface area contributed by atoms with E-state index in [-0.39, 0.29) is 12.5 Å². The highest BCUT2D eigenvalue weighted by molar-refractivity contribution is 7.09. The first kappa shape index (κ1) is 19.1. The molecule has 1 aromatic carbocycles. The lowest BCUT2D eigenvalue weighted by Gasteiger charge is -2.13. The van der Waals surface area contributed by atoms with Gasteiger partial charge in [-0.1, -0.05) is 12.1 Å². The van der Waals surface area contributed by atoms with Crippen LogP contribution in [0.1, 0.15) is 43.9 Å². The van der Waals surface area contributed by atoms with Crippen molar-refractivity contribution in [2.24, 2.45) is 0 Å². The van der Waals surface area contributed by atoms with Gasteiger partial charge in [0.05, 0.1) is 16.1 Å². The summed E-state index contributed by atoms with van der Waals surface area (Å²) in [7, 11) is 0. The van der Waals surface area contributed by atoms with Gasteiger partial charge in [-0.3, -0.25) is 4.79 Å². The van der Waals surface area contributed by atoms with Crippen molar-refractivity contribution in [2.75, 3.05) is 6.54 Å². The Labute approximate surface area is 162 Å². The number of thiazole rings is 1. The minimum Gasteiger partial charge on any atom is -0.386 e. The third kappa shape index (κ3) is 4.20. The number of nitrogens with zero attached hydrogens (tertiary/aromatic N) is 3. The molecule has 0 saturated carbocycles. The Morgan fingerprint density at radius 1 is 1.15 bits per heavy atom. The maximum atomic E-state index is 12.7. The molecule has 140 valence electrons. The molecule has 3 rings (SSSR count). The van der Waals surface area contributed by atoms with Crippen LogP contribution in [-0.2, 0) is 0 Å². The molecule has 2 N–H and O–H groups in total. The van der Waals surface area contributed by atoms with Crippen molar-refractivity contribution in [1.29, 1.82) is 0 Å². The molecule has 2 heterocycles. The topological polar surface area (TPSA) is 88.0 Å². The molecule has 0 aliphatic carbocycles. The fourth-order valence-electron chi connectivity index (χ4n) is 2.68. The maximum Gasteiger partial charge on any atom is 0.251 e. The Bertz CT molecular complexity index is 984. The van der Waals surface area contributed by atoms with E-state index >= 15 is 0 Å². The smallest absolute Gasteiger partial charge is 0.251 e. The largest absolute Gasteiger partial charge is 0.386 e. The maximum absolute atomic E-state index is 12.7. The van der Waals surface area contributed by atoms with Crippen molar-refractivity contribution in [3.05, 3.63) is 62.9 Å². The van der Waals surface area contributed by atoms with Crippen LogP contribution in [0.15, 0.2) is 29.9 Å². The van der Waals surface area contributed by atoms with Gasteiger partial charge >= 0.3 is 0 Å². The Hall–Kier alpha value is -2.64. The van der Waals surface area contributed by atoms with Gasteiger partial charge in [0, 0.05) is 29.6 Å². The van der Waals surface area contributed by atoms with E-state index in [1.807, 2.05) is 39.8 Å². The van der Waals surface area contributed by atoms with E-state index in [2.05, 4.69) is 20.3 Å². The normalized spacial score (nSPS) is 12.0. The number of aryl methyl sites for hydroxylation is 4. The third-order valence-electron chi connectivity index (χ3n) is 4.51. The van der Waals surface area contributed by atoms with Gasteiger partial charge in [0.15, 0.2) is 5.82 Å². The third-order valence-corrected chi connectivity index (χ3v) is 5.54. The van der Waals surface area contributed by atoms with Crippen LogP contribution in [0.5, 0.6) is 0 Å². The zero-order valence-corrected chi connectivity index (χ0v) is 16.6. The molecule has 3 aromatic rings. The zero-order valence-electron chi connectivity index (χ0n) is 15.8. The van der Waals surface area contributed by atoms with Crippen molar-refractivity contribution in [3.63, 3.8) is 0 Å². The second-order valence-corrected chi connectivity index (χ2v) is 7.41. The molecule has 2 aromatic heterocycles. The number of nitrogens with one attached hydrogen (secondary N) is 1. The first-order valence-electron chi connectivity index (χ1n) is 8.64. The van der Waals surface area contributed by atoms with Crippen LogP contribution in [0.3, 0.4) is 0 Å². The predicted octanol–water partition coefficient (Wildman–Crippen LogP) is 3.30. The minimum atomic E-state index is -0.770. The van der Waals surface area contributed by atoms with Gasteiger partial charge in [-0.15, -0.1) is 11.3 Å². The Morgan fingerprint density at radius 3 is 2.59 bits per heavy atom. The van der Waals surface area contributed by atoms with E-state index in [1.54, 1.807) is 17.8 Å².